The summed E-state index contributed by atoms with van der Waals surface area (Å²) in [6.07, 6.45) is 1.47. The van der Waals surface area contributed by atoms with E-state index in [0.29, 0.717) is 0 Å². The van der Waals surface area contributed by atoms with Gasteiger partial charge in [-0.3, -0.25) is 0 Å². The van der Waals surface area contributed by atoms with Crippen LogP contribution >= 0.6 is 15.9 Å². The maximum Gasteiger partial charge on any atom is 0.128 e. The normalized spacial score (nSPS) is 24.2. The Balaban J connectivity index is 1.44. The van der Waals surface area contributed by atoms with Gasteiger partial charge in [0.25, 0.3) is 0 Å². The molecule has 5 heteroatoms. The van der Waals surface area contributed by atoms with Gasteiger partial charge in [0, 0.05) is 34.4 Å². The molecular formula is C34H35BrN2O2. The Kier molecular flexibility index (Phi) is 7.13. The Labute approximate surface area is 240 Å². The molecule has 0 spiro atoms. The zero-order valence-corrected chi connectivity index (χ0v) is 24.0. The van der Waals surface area contributed by atoms with E-state index < -0.39 is 0 Å². The molecule has 0 bridgehead atoms. The topological polar surface area (TPSA) is 35.9 Å². The lowest BCUT2D eigenvalue weighted by Gasteiger charge is -2.59. The maximum atomic E-state index is 11.5. The van der Waals surface area contributed by atoms with Crippen molar-refractivity contribution in [1.29, 1.82) is 0 Å². The van der Waals surface area contributed by atoms with E-state index in [0.717, 1.165) is 41.0 Å². The Morgan fingerprint density at radius 2 is 1.36 bits per heavy atom. The van der Waals surface area contributed by atoms with Crippen molar-refractivity contribution < 1.29 is 9.84 Å². The highest BCUT2D eigenvalue weighted by Gasteiger charge is 2.50. The van der Waals surface area contributed by atoms with Gasteiger partial charge in [0.1, 0.15) is 17.7 Å². The van der Waals surface area contributed by atoms with E-state index in [2.05, 4.69) is 106 Å². The van der Waals surface area contributed by atoms with Crippen LogP contribution < -0.4 is 14.5 Å². The van der Waals surface area contributed by atoms with Gasteiger partial charge in [0.2, 0.25) is 0 Å². The van der Waals surface area contributed by atoms with E-state index in [9.17, 15) is 5.11 Å². The van der Waals surface area contributed by atoms with Gasteiger partial charge in [0.15, 0.2) is 0 Å². The van der Waals surface area contributed by atoms with E-state index in [4.69, 9.17) is 4.74 Å². The molecule has 2 aliphatic rings. The number of fused-ring (bicyclic) bond motifs is 1. The summed E-state index contributed by atoms with van der Waals surface area (Å²) in [5, 5.41) is 11.5. The number of benzene rings is 4. The second kappa shape index (κ2) is 10.7. The first kappa shape index (κ1) is 26.0. The summed E-state index contributed by atoms with van der Waals surface area (Å²) < 4.78 is 7.15. The van der Waals surface area contributed by atoms with Crippen molar-refractivity contribution in [3.05, 3.63) is 119 Å². The minimum atomic E-state index is -0.362. The quantitative estimate of drug-likeness (QED) is 0.256. The number of rotatable bonds is 5. The first-order valence-corrected chi connectivity index (χ1v) is 14.5. The first-order chi connectivity index (χ1) is 18.9. The summed E-state index contributed by atoms with van der Waals surface area (Å²) in [7, 11) is 0. The Bertz CT molecular complexity index is 1380. The fraction of sp³-hybridized carbons (Fsp3) is 0.294. The van der Waals surface area contributed by atoms with Gasteiger partial charge in [0.05, 0.1) is 6.10 Å². The third-order valence-electron chi connectivity index (χ3n) is 8.21. The van der Waals surface area contributed by atoms with Gasteiger partial charge in [-0.2, -0.15) is 0 Å². The number of halogens is 1. The lowest BCUT2D eigenvalue weighted by molar-refractivity contribution is -0.00719. The molecule has 1 aliphatic carbocycles. The second-order valence-corrected chi connectivity index (χ2v) is 12.5. The first-order valence-electron chi connectivity index (χ1n) is 13.7. The van der Waals surface area contributed by atoms with E-state index in [-0.39, 0.29) is 29.6 Å². The number of hydrogen-bond acceptors (Lipinski definition) is 4. The van der Waals surface area contributed by atoms with Crippen LogP contribution in [0.1, 0.15) is 38.4 Å². The molecule has 39 heavy (non-hydrogen) atoms. The van der Waals surface area contributed by atoms with Crippen LogP contribution in [0, 0.1) is 11.3 Å². The summed E-state index contributed by atoms with van der Waals surface area (Å²) >= 11 is 3.63. The summed E-state index contributed by atoms with van der Waals surface area (Å²) in [6, 6.07) is 37.9. The standard InChI is InChI=1S/C34H35BrN2O2/c1-34(2)21-31-30(32(38)22-34)23-36(26-17-19-29(20-18-26)39-28-11-7-4-8-12-28)33(24-13-15-25(35)16-14-24)37(31)27-9-5-3-6-10-27/h3-20,30-33,38H,21-23H2,1-2H3. The molecule has 1 aliphatic heterocycles. The minimum Gasteiger partial charge on any atom is -0.457 e. The number of nitrogens with zero attached hydrogens (tertiary/aromatic N) is 2. The molecule has 6 rings (SSSR count). The fourth-order valence-electron chi connectivity index (χ4n) is 6.47. The van der Waals surface area contributed by atoms with Crippen molar-refractivity contribution in [3.8, 4) is 11.5 Å². The molecule has 1 heterocycles. The molecule has 2 fully saturated rings. The van der Waals surface area contributed by atoms with Crippen molar-refractivity contribution >= 4 is 27.3 Å². The molecule has 4 atom stereocenters. The summed E-state index contributed by atoms with van der Waals surface area (Å²) in [5.41, 5.74) is 3.58. The van der Waals surface area contributed by atoms with E-state index >= 15 is 0 Å². The van der Waals surface area contributed by atoms with Gasteiger partial charge < -0.3 is 19.6 Å². The van der Waals surface area contributed by atoms with E-state index in [1.54, 1.807) is 0 Å². The highest BCUT2D eigenvalue weighted by molar-refractivity contribution is 9.10. The van der Waals surface area contributed by atoms with Gasteiger partial charge in [-0.15, -0.1) is 0 Å². The third-order valence-corrected chi connectivity index (χ3v) is 8.73. The maximum absolute atomic E-state index is 11.5. The molecule has 1 saturated carbocycles. The van der Waals surface area contributed by atoms with Crippen LogP contribution in [0.15, 0.2) is 114 Å². The number of aliphatic hydroxyl groups excluding tert-OH is 1. The van der Waals surface area contributed by atoms with Crippen LogP contribution in [0.4, 0.5) is 11.4 Å². The zero-order valence-electron chi connectivity index (χ0n) is 22.5. The lowest BCUT2D eigenvalue weighted by atomic mass is 9.66. The minimum absolute atomic E-state index is 0.0243. The Morgan fingerprint density at radius 3 is 2.03 bits per heavy atom. The highest BCUT2D eigenvalue weighted by atomic mass is 79.9. The number of aliphatic hydroxyl groups is 1. The summed E-state index contributed by atoms with van der Waals surface area (Å²) in [6.45, 7) is 5.37. The molecule has 0 aromatic heterocycles. The van der Waals surface area contributed by atoms with Gasteiger partial charge in [-0.05, 0) is 84.5 Å². The Morgan fingerprint density at radius 1 is 0.744 bits per heavy atom. The highest BCUT2D eigenvalue weighted by Crippen LogP contribution is 2.49. The largest absolute Gasteiger partial charge is 0.457 e. The second-order valence-electron chi connectivity index (χ2n) is 11.6. The van der Waals surface area contributed by atoms with Crippen LogP contribution in [0.3, 0.4) is 0 Å². The molecule has 0 amide bonds. The van der Waals surface area contributed by atoms with Gasteiger partial charge in [-0.25, -0.2) is 0 Å². The van der Waals surface area contributed by atoms with Crippen LogP contribution in [0.2, 0.25) is 0 Å². The molecule has 4 nitrogen and oxygen atoms in total. The predicted octanol–water partition coefficient (Wildman–Crippen LogP) is 8.43. The van der Waals surface area contributed by atoms with Gasteiger partial charge >= 0.3 is 0 Å². The van der Waals surface area contributed by atoms with Crippen molar-refractivity contribution in [2.75, 3.05) is 16.3 Å². The van der Waals surface area contributed by atoms with E-state index in [1.165, 1.54) is 11.3 Å². The molecule has 4 aromatic rings. The number of para-hydroxylation sites is 2. The molecular weight excluding hydrogens is 548 g/mol. The Hall–Kier alpha value is -3.28. The van der Waals surface area contributed by atoms with Crippen molar-refractivity contribution in [1.82, 2.24) is 0 Å². The number of hydrogen-bond donors (Lipinski definition) is 1. The monoisotopic (exact) mass is 582 g/mol. The van der Waals surface area contributed by atoms with Crippen molar-refractivity contribution in [2.24, 2.45) is 11.3 Å². The summed E-state index contributed by atoms with van der Waals surface area (Å²) in [4.78, 5) is 5.03. The van der Waals surface area contributed by atoms with Crippen LogP contribution in [0.5, 0.6) is 11.5 Å². The van der Waals surface area contributed by atoms with Crippen LogP contribution in [-0.4, -0.2) is 23.8 Å². The van der Waals surface area contributed by atoms with Gasteiger partial charge in [-0.1, -0.05) is 78.3 Å². The molecule has 0 radical (unpaired) electrons. The molecule has 4 aromatic carbocycles. The van der Waals surface area contributed by atoms with Crippen LogP contribution in [0.25, 0.3) is 0 Å². The molecule has 1 saturated heterocycles. The third kappa shape index (κ3) is 5.43. The zero-order chi connectivity index (χ0) is 27.0. The van der Waals surface area contributed by atoms with Crippen molar-refractivity contribution in [3.63, 3.8) is 0 Å². The number of anilines is 2. The van der Waals surface area contributed by atoms with E-state index in [1.807, 2.05) is 42.5 Å². The lowest BCUT2D eigenvalue weighted by Crippen LogP contribution is -2.63. The van der Waals surface area contributed by atoms with Crippen molar-refractivity contribution in [2.45, 2.75) is 45.0 Å². The smallest absolute Gasteiger partial charge is 0.128 e. The number of ether oxygens (including phenoxy) is 1. The van der Waals surface area contributed by atoms with Crippen LogP contribution in [-0.2, 0) is 0 Å². The average Bonchev–Trinajstić information content (AvgIpc) is 2.94. The summed E-state index contributed by atoms with van der Waals surface area (Å²) in [5.74, 6) is 1.76. The molecule has 200 valence electrons. The average molecular weight is 584 g/mol. The molecule has 4 unspecified atom stereocenters. The molecule has 1 N–H and O–H groups in total. The predicted molar refractivity (Wildman–Crippen MR) is 162 cm³/mol. The SMILES string of the molecule is CC1(C)CC(O)C2CN(c3ccc(Oc4ccccc4)cc3)C(c3ccc(Br)cc3)N(c3ccccc3)C2C1. The fourth-order valence-corrected chi connectivity index (χ4v) is 6.73.